The minimum Gasteiger partial charge on any atom is -0.451 e. The highest BCUT2D eigenvalue weighted by atomic mass is 35.5. The molecule has 5 aromatic rings. The molecule has 0 aliphatic carbocycles. The Morgan fingerprint density at radius 1 is 0.695 bits per heavy atom. The quantitative estimate of drug-likeness (QED) is 0.0799. The number of esters is 2. The summed E-state index contributed by atoms with van der Waals surface area (Å²) in [4.78, 5) is 69.2. The van der Waals surface area contributed by atoms with Crippen LogP contribution in [0, 0.1) is 0 Å². The molecule has 0 spiro atoms. The first-order valence-electron chi connectivity index (χ1n) is 19.0. The van der Waals surface area contributed by atoms with E-state index in [0.29, 0.717) is 10.6 Å². The number of rotatable bonds is 15. The molecule has 0 aromatic heterocycles. The van der Waals surface area contributed by atoms with Crippen LogP contribution in [-0.2, 0) is 28.7 Å². The number of carbonyl (C=O) groups is 5. The second-order valence-corrected chi connectivity index (χ2v) is 15.9. The van der Waals surface area contributed by atoms with Gasteiger partial charge in [0, 0.05) is 22.8 Å². The molecule has 5 aromatic carbocycles. The lowest BCUT2D eigenvalue weighted by Crippen LogP contribution is -2.70. The Kier molecular flexibility index (Phi) is 13.5. The number of nitrogens with zero attached hydrogens (tertiary/aromatic N) is 1. The summed E-state index contributed by atoms with van der Waals surface area (Å²) < 4.78 is 12.1. The summed E-state index contributed by atoms with van der Waals surface area (Å²) in [6.07, 6.45) is -1.34. The summed E-state index contributed by atoms with van der Waals surface area (Å²) in [5.74, 6) is -2.66. The van der Waals surface area contributed by atoms with Gasteiger partial charge in [0.25, 0.3) is 11.8 Å². The maximum absolute atomic E-state index is 13.9. The van der Waals surface area contributed by atoms with Crippen molar-refractivity contribution in [2.75, 3.05) is 5.75 Å². The number of benzene rings is 5. The van der Waals surface area contributed by atoms with E-state index in [9.17, 15) is 24.0 Å². The lowest BCUT2D eigenvalue weighted by molar-refractivity contribution is -0.154. The predicted octanol–water partition coefficient (Wildman–Crippen LogP) is 8.12. The molecule has 1 fully saturated rings. The normalized spacial score (nSPS) is 16.5. The van der Waals surface area contributed by atoms with Crippen LogP contribution in [0.2, 0.25) is 5.02 Å². The van der Waals surface area contributed by atoms with Gasteiger partial charge in [0.15, 0.2) is 12.2 Å². The van der Waals surface area contributed by atoms with Crippen molar-refractivity contribution in [2.24, 2.45) is 0 Å². The maximum atomic E-state index is 13.9. The van der Waals surface area contributed by atoms with E-state index in [0.717, 1.165) is 22.3 Å². The molecular weight excluding hydrogens is 809 g/mol. The highest BCUT2D eigenvalue weighted by Gasteiger charge is 2.54. The SMILES string of the molecule is O=C(CCCC(NC(=O)c1ccc(Cl)cc1)C(=O)OC(c1ccccc1)c1ccccc1)NC1C(=O)N2C(C(=O)OC(c3ccccc3)c3ccccc3)=C(Cl)CSC12. The molecule has 3 atom stereocenters. The van der Waals surface area contributed by atoms with E-state index < -0.39 is 59.3 Å². The van der Waals surface area contributed by atoms with Gasteiger partial charge in [0.05, 0.1) is 5.03 Å². The number of amides is 3. The molecule has 2 aliphatic rings. The van der Waals surface area contributed by atoms with Gasteiger partial charge in [-0.2, -0.15) is 0 Å². The Balaban J connectivity index is 0.999. The fraction of sp³-hybridized carbons (Fsp3) is 0.196. The topological polar surface area (TPSA) is 131 Å². The third-order valence-electron chi connectivity index (χ3n) is 9.89. The zero-order chi connectivity index (χ0) is 41.3. The molecule has 300 valence electrons. The molecule has 0 bridgehead atoms. The second kappa shape index (κ2) is 19.2. The van der Waals surface area contributed by atoms with Crippen molar-refractivity contribution in [1.82, 2.24) is 15.5 Å². The summed E-state index contributed by atoms with van der Waals surface area (Å²) in [5, 5.41) is 5.62. The number of carbonyl (C=O) groups excluding carboxylic acids is 5. The van der Waals surface area contributed by atoms with E-state index in [1.54, 1.807) is 24.3 Å². The van der Waals surface area contributed by atoms with Gasteiger partial charge >= 0.3 is 11.9 Å². The van der Waals surface area contributed by atoms with Gasteiger partial charge in [-0.1, -0.05) is 145 Å². The molecule has 10 nitrogen and oxygen atoms in total. The van der Waals surface area contributed by atoms with Gasteiger partial charge in [-0.05, 0) is 59.4 Å². The average molecular weight is 849 g/mol. The summed E-state index contributed by atoms with van der Waals surface area (Å²) in [7, 11) is 0. The number of fused-ring (bicyclic) bond motifs is 1. The van der Waals surface area contributed by atoms with E-state index in [1.165, 1.54) is 16.7 Å². The van der Waals surface area contributed by atoms with Crippen LogP contribution >= 0.6 is 35.0 Å². The maximum Gasteiger partial charge on any atom is 0.357 e. The van der Waals surface area contributed by atoms with Crippen molar-refractivity contribution < 1.29 is 33.4 Å². The number of halogens is 2. The first-order valence-corrected chi connectivity index (χ1v) is 20.8. The molecule has 3 unspecified atom stereocenters. The Morgan fingerprint density at radius 2 is 1.19 bits per heavy atom. The predicted molar refractivity (Wildman–Crippen MR) is 226 cm³/mol. The minimum absolute atomic E-state index is 0.0510. The van der Waals surface area contributed by atoms with Gasteiger partial charge in [-0.25, -0.2) is 9.59 Å². The van der Waals surface area contributed by atoms with Crippen LogP contribution in [0.5, 0.6) is 0 Å². The van der Waals surface area contributed by atoms with Crippen LogP contribution in [-0.4, -0.2) is 57.8 Å². The van der Waals surface area contributed by atoms with Crippen LogP contribution in [0.3, 0.4) is 0 Å². The zero-order valence-corrected chi connectivity index (χ0v) is 33.9. The molecule has 2 aliphatic heterocycles. The van der Waals surface area contributed by atoms with E-state index in [1.807, 2.05) is 121 Å². The van der Waals surface area contributed by atoms with E-state index in [4.69, 9.17) is 32.7 Å². The standard InChI is InChI=1S/C46H39Cl2N3O7S/c47-34-26-24-33(25-27-34)42(53)49-36(45(55)57-40(29-14-5-1-6-15-29)30-16-7-2-8-17-30)22-13-23-37(52)50-38-43(54)51-39(35(48)28-59-44(38)51)46(56)58-41(31-18-9-3-10-19-31)32-20-11-4-12-21-32/h1-12,14-21,24-27,36,38,40-41,44H,13,22-23,28H2,(H,49,53)(H,50,52). The van der Waals surface area contributed by atoms with Crippen LogP contribution in [0.1, 0.15) is 64.1 Å². The molecular formula is C46H39Cl2N3O7S. The van der Waals surface area contributed by atoms with Crippen molar-refractivity contribution in [3.05, 3.63) is 189 Å². The van der Waals surface area contributed by atoms with Crippen molar-refractivity contribution in [3.63, 3.8) is 0 Å². The van der Waals surface area contributed by atoms with Gasteiger partial charge in [-0.15, -0.1) is 11.8 Å². The van der Waals surface area contributed by atoms with Crippen LogP contribution in [0.4, 0.5) is 0 Å². The van der Waals surface area contributed by atoms with Gasteiger partial charge in [0.2, 0.25) is 5.91 Å². The number of ether oxygens (including phenoxy) is 2. The molecule has 1 saturated heterocycles. The molecule has 3 amide bonds. The van der Waals surface area contributed by atoms with Crippen molar-refractivity contribution in [3.8, 4) is 0 Å². The number of hydrogen-bond donors (Lipinski definition) is 2. The highest BCUT2D eigenvalue weighted by Crippen LogP contribution is 2.42. The molecule has 0 radical (unpaired) electrons. The fourth-order valence-corrected chi connectivity index (χ4v) is 8.58. The molecule has 13 heteroatoms. The third-order valence-corrected chi connectivity index (χ3v) is 11.9. The number of hydrogen-bond acceptors (Lipinski definition) is 8. The van der Waals surface area contributed by atoms with E-state index in [-0.39, 0.29) is 35.7 Å². The summed E-state index contributed by atoms with van der Waals surface area (Å²) >= 11 is 13.9. The Hall–Kier alpha value is -5.88. The first kappa shape index (κ1) is 41.3. The lowest BCUT2D eigenvalue weighted by Gasteiger charge is -2.49. The number of nitrogens with one attached hydrogen (secondary N) is 2. The zero-order valence-electron chi connectivity index (χ0n) is 31.5. The second-order valence-electron chi connectivity index (χ2n) is 13.9. The monoisotopic (exact) mass is 847 g/mol. The fourth-order valence-electron chi connectivity index (χ4n) is 6.91. The van der Waals surface area contributed by atoms with Crippen LogP contribution < -0.4 is 10.6 Å². The average Bonchev–Trinajstić information content (AvgIpc) is 3.27. The summed E-state index contributed by atoms with van der Waals surface area (Å²) in [6, 6.07) is 41.3. The highest BCUT2D eigenvalue weighted by molar-refractivity contribution is 8.00. The minimum atomic E-state index is -1.12. The third kappa shape index (κ3) is 9.88. The smallest absolute Gasteiger partial charge is 0.357 e. The molecule has 7 rings (SSSR count). The number of thioether (sulfide) groups is 1. The van der Waals surface area contributed by atoms with Crippen molar-refractivity contribution in [2.45, 2.75) is 48.9 Å². The Morgan fingerprint density at radius 3 is 1.69 bits per heavy atom. The van der Waals surface area contributed by atoms with Crippen molar-refractivity contribution in [1.29, 1.82) is 0 Å². The van der Waals surface area contributed by atoms with Crippen molar-refractivity contribution >= 4 is 64.6 Å². The van der Waals surface area contributed by atoms with E-state index in [2.05, 4.69) is 10.6 Å². The summed E-state index contributed by atoms with van der Waals surface area (Å²) in [6.45, 7) is 0. The first-order chi connectivity index (χ1) is 28.7. The molecule has 2 heterocycles. The van der Waals surface area contributed by atoms with Gasteiger partial charge < -0.3 is 20.1 Å². The van der Waals surface area contributed by atoms with E-state index >= 15 is 0 Å². The summed E-state index contributed by atoms with van der Waals surface area (Å²) in [5.41, 5.74) is 3.22. The largest absolute Gasteiger partial charge is 0.451 e. The van der Waals surface area contributed by atoms with Crippen LogP contribution in [0.15, 0.2) is 156 Å². The Bertz CT molecular complexity index is 2240. The Labute approximate surface area is 355 Å². The molecule has 0 saturated carbocycles. The molecule has 59 heavy (non-hydrogen) atoms. The van der Waals surface area contributed by atoms with Gasteiger partial charge in [-0.3, -0.25) is 19.3 Å². The van der Waals surface area contributed by atoms with Crippen LogP contribution in [0.25, 0.3) is 0 Å². The number of β-lactam (4-membered cyclic amide) rings is 1. The lowest BCUT2D eigenvalue weighted by atomic mass is 10.0. The van der Waals surface area contributed by atoms with Gasteiger partial charge in [0.1, 0.15) is 23.2 Å². The molecule has 2 N–H and O–H groups in total.